The van der Waals surface area contributed by atoms with Crippen LogP contribution < -0.4 is 4.90 Å². The van der Waals surface area contributed by atoms with Crippen LogP contribution in [0.15, 0.2) is 24.3 Å². The summed E-state index contributed by atoms with van der Waals surface area (Å²) in [5.41, 5.74) is 0.917. The topological polar surface area (TPSA) is 46.6 Å². The van der Waals surface area contributed by atoms with E-state index in [4.69, 9.17) is 0 Å². The number of methoxy groups -OCH3 is 1. The van der Waals surface area contributed by atoms with Crippen molar-refractivity contribution in [2.45, 2.75) is 0 Å². The molecule has 0 fully saturated rings. The Morgan fingerprint density at radius 3 is 2.47 bits per heavy atom. The number of rotatable bonds is 3. The Hall–Kier alpha value is -0.360. The normalized spacial score (nSPS) is 9.12. The van der Waals surface area contributed by atoms with Gasteiger partial charge in [0.15, 0.2) is 0 Å². The zero-order valence-electron chi connectivity index (χ0n) is 9.07. The number of para-hydroxylation sites is 1. The second-order valence-electron chi connectivity index (χ2n) is 3.10. The summed E-state index contributed by atoms with van der Waals surface area (Å²) in [5, 5.41) is 0.207. The molecule has 0 radical (unpaired) electrons. The molecule has 0 aliphatic heterocycles. The van der Waals surface area contributed by atoms with Crippen LogP contribution >= 0.6 is 15.9 Å². The number of nitrogens with zero attached hydrogens (tertiary/aromatic N) is 1. The predicted molar refractivity (Wildman–Crippen MR) is 72.1 cm³/mol. The number of hydrogen-bond acceptors (Lipinski definition) is 3. The summed E-state index contributed by atoms with van der Waals surface area (Å²) in [5.74, 6) is -0.582. The number of alkyl halides is 1. The van der Waals surface area contributed by atoms with Crippen LogP contribution in [0, 0.1) is 0 Å². The van der Waals surface area contributed by atoms with Gasteiger partial charge in [0.2, 0.25) is 5.91 Å². The van der Waals surface area contributed by atoms with Gasteiger partial charge in [-0.15, -0.1) is 0 Å². The molecular weight excluding hydrogens is 297 g/mol. The summed E-state index contributed by atoms with van der Waals surface area (Å²) in [4.78, 5) is 24.4. The molecule has 4 nitrogen and oxygen atoms in total. The van der Waals surface area contributed by atoms with Crippen molar-refractivity contribution in [3.63, 3.8) is 0 Å². The number of hydrogen-bond donors (Lipinski definition) is 0. The van der Waals surface area contributed by atoms with Gasteiger partial charge < -0.3 is 9.64 Å². The Bertz CT molecular complexity index is 411. The molecule has 17 heavy (non-hydrogen) atoms. The first-order valence-electron chi connectivity index (χ1n) is 4.61. The van der Waals surface area contributed by atoms with Gasteiger partial charge in [0.1, 0.15) is 0 Å². The monoisotopic (exact) mass is 309 g/mol. The van der Waals surface area contributed by atoms with Crippen molar-refractivity contribution in [1.82, 2.24) is 0 Å². The van der Waals surface area contributed by atoms with Crippen LogP contribution in [-0.2, 0) is 9.53 Å². The fraction of sp³-hybridized carbons (Fsp3) is 0.273. The van der Waals surface area contributed by atoms with Gasteiger partial charge in [-0.3, -0.25) is 4.79 Å². The van der Waals surface area contributed by atoms with E-state index in [2.05, 4.69) is 20.7 Å². The third kappa shape index (κ3) is 4.10. The zero-order valence-corrected chi connectivity index (χ0v) is 10.7. The predicted octanol–water partition coefficient (Wildman–Crippen LogP) is 1.18. The third-order valence-electron chi connectivity index (χ3n) is 2.16. The fourth-order valence-electron chi connectivity index (χ4n) is 1.27. The summed E-state index contributed by atoms with van der Waals surface area (Å²) in [7, 11) is 2.93. The summed E-state index contributed by atoms with van der Waals surface area (Å²) < 4.78 is 4.65. The molecule has 0 N–H and O–H groups in total. The number of amides is 1. The van der Waals surface area contributed by atoms with Gasteiger partial charge in [-0.1, -0.05) is 28.1 Å². The summed E-state index contributed by atoms with van der Waals surface area (Å²) in [6.45, 7) is 0. The number of halogens is 1. The number of ether oxygens (including phenoxy) is 1. The van der Waals surface area contributed by atoms with Crippen molar-refractivity contribution in [2.75, 3.05) is 24.4 Å². The molecule has 1 rings (SSSR count). The summed E-state index contributed by atoms with van der Waals surface area (Å²) in [6, 6.07) is 6.81. The van der Waals surface area contributed by atoms with E-state index in [0.29, 0.717) is 11.3 Å². The van der Waals surface area contributed by atoms with E-state index < -0.39 is 5.97 Å². The van der Waals surface area contributed by atoms with Crippen molar-refractivity contribution in [3.05, 3.63) is 29.8 Å². The van der Waals surface area contributed by atoms with Crippen LogP contribution in [0.3, 0.4) is 0 Å². The van der Waals surface area contributed by atoms with E-state index >= 15 is 0 Å². The Kier molecular flexibility index (Phi) is 7.70. The van der Waals surface area contributed by atoms with Gasteiger partial charge >= 0.3 is 35.5 Å². The van der Waals surface area contributed by atoms with Crippen molar-refractivity contribution in [2.24, 2.45) is 0 Å². The maximum absolute atomic E-state index is 11.5. The Balaban J connectivity index is 0.00000256. The quantitative estimate of drug-likeness (QED) is 0.478. The first-order valence-corrected chi connectivity index (χ1v) is 5.73. The molecule has 0 bridgehead atoms. The molecule has 1 amide bonds. The molecule has 0 atom stereocenters. The molecule has 0 unspecified atom stereocenters. The molecular formula is C11H13BrNNaO3. The zero-order chi connectivity index (χ0) is 12.1. The minimum atomic E-state index is -0.454. The van der Waals surface area contributed by atoms with Crippen LogP contribution in [0.1, 0.15) is 10.4 Å². The number of benzene rings is 1. The van der Waals surface area contributed by atoms with E-state index in [1.54, 1.807) is 31.3 Å². The molecule has 0 saturated carbocycles. The second kappa shape index (κ2) is 7.87. The Morgan fingerprint density at radius 2 is 1.94 bits per heavy atom. The van der Waals surface area contributed by atoms with Crippen molar-refractivity contribution < 1.29 is 14.3 Å². The average molecular weight is 310 g/mol. The second-order valence-corrected chi connectivity index (χ2v) is 3.66. The van der Waals surface area contributed by atoms with Gasteiger partial charge in [0, 0.05) is 7.05 Å². The molecule has 1 aromatic carbocycles. The van der Waals surface area contributed by atoms with E-state index in [1.165, 1.54) is 12.0 Å². The molecule has 0 aromatic heterocycles. The Morgan fingerprint density at radius 1 is 1.35 bits per heavy atom. The van der Waals surface area contributed by atoms with Crippen molar-refractivity contribution in [3.8, 4) is 0 Å². The van der Waals surface area contributed by atoms with Crippen LogP contribution in [0.4, 0.5) is 5.69 Å². The number of carbonyl (C=O) groups is 2. The molecule has 88 valence electrons. The SMILES string of the molecule is COC(=O)c1ccccc1N(C)C(=O)CBr.[NaH]. The number of anilines is 1. The van der Waals surface area contributed by atoms with E-state index in [0.717, 1.165) is 0 Å². The molecule has 0 spiro atoms. The van der Waals surface area contributed by atoms with E-state index in [-0.39, 0.29) is 40.8 Å². The number of esters is 1. The van der Waals surface area contributed by atoms with Gasteiger partial charge in [0.25, 0.3) is 0 Å². The average Bonchev–Trinajstić information content (AvgIpc) is 2.35. The Labute approximate surface area is 131 Å². The first-order chi connectivity index (χ1) is 7.61. The molecule has 1 aromatic rings. The van der Waals surface area contributed by atoms with Gasteiger partial charge in [-0.2, -0.15) is 0 Å². The number of carbonyl (C=O) groups excluding carboxylic acids is 2. The summed E-state index contributed by atoms with van der Waals surface area (Å²) >= 11 is 3.08. The van der Waals surface area contributed by atoms with E-state index in [1.807, 2.05) is 0 Å². The van der Waals surface area contributed by atoms with Crippen molar-refractivity contribution in [1.29, 1.82) is 0 Å². The molecule has 0 saturated heterocycles. The fourth-order valence-corrected chi connectivity index (χ4v) is 1.65. The van der Waals surface area contributed by atoms with Crippen LogP contribution in [0.25, 0.3) is 0 Å². The minimum absolute atomic E-state index is 0. The molecule has 0 heterocycles. The third-order valence-corrected chi connectivity index (χ3v) is 2.64. The summed E-state index contributed by atoms with van der Waals surface area (Å²) in [6.07, 6.45) is 0. The standard InChI is InChI=1S/C11H12BrNO3.Na.H/c1-13(10(14)7-12)9-6-4-3-5-8(9)11(15)16-2;;/h3-6H,7H2,1-2H3;;. The van der Waals surface area contributed by atoms with Crippen molar-refractivity contribution >= 4 is 63.1 Å². The van der Waals surface area contributed by atoms with Gasteiger partial charge in [0.05, 0.1) is 23.7 Å². The van der Waals surface area contributed by atoms with E-state index in [9.17, 15) is 9.59 Å². The molecule has 0 aliphatic rings. The maximum atomic E-state index is 11.5. The molecule has 6 heteroatoms. The van der Waals surface area contributed by atoms with Crippen LogP contribution in [-0.4, -0.2) is 60.9 Å². The van der Waals surface area contributed by atoms with Gasteiger partial charge in [-0.05, 0) is 12.1 Å². The molecule has 0 aliphatic carbocycles. The first kappa shape index (κ1) is 16.6. The van der Waals surface area contributed by atoms with Gasteiger partial charge in [-0.25, -0.2) is 4.79 Å². The van der Waals surface area contributed by atoms with Crippen LogP contribution in [0.5, 0.6) is 0 Å². The van der Waals surface area contributed by atoms with Crippen LogP contribution in [0.2, 0.25) is 0 Å².